The second-order valence-corrected chi connectivity index (χ2v) is 6.91. The lowest BCUT2D eigenvalue weighted by molar-refractivity contribution is 1.03. The minimum Gasteiger partial charge on any atom is -0.289 e. The molecule has 2 aromatic rings. The third-order valence-electron chi connectivity index (χ3n) is 3.54. The maximum Gasteiger partial charge on any atom is 0.218 e. The van der Waals surface area contributed by atoms with Gasteiger partial charge in [0, 0.05) is 17.8 Å². The fourth-order valence-corrected chi connectivity index (χ4v) is 4.45. The Morgan fingerprint density at radius 2 is 1.47 bits per heavy atom. The number of benzene rings is 2. The zero-order valence-corrected chi connectivity index (χ0v) is 11.8. The molecule has 0 aliphatic carbocycles. The normalized spacial score (nSPS) is 18.0. The van der Waals surface area contributed by atoms with Gasteiger partial charge in [-0.3, -0.25) is 5.32 Å². The van der Waals surface area contributed by atoms with Crippen LogP contribution in [0.3, 0.4) is 0 Å². The number of hydrogen-bond acceptors (Lipinski definition) is 1. The quantitative estimate of drug-likeness (QED) is 0.653. The SMILES string of the molecule is C1=S(CB(c2ccccc2)c2ccccc2)CCN1. The van der Waals surface area contributed by atoms with Crippen molar-refractivity contribution in [2.24, 2.45) is 0 Å². The summed E-state index contributed by atoms with van der Waals surface area (Å²) in [5, 5.41) is 3.37. The van der Waals surface area contributed by atoms with E-state index in [4.69, 9.17) is 0 Å². The highest BCUT2D eigenvalue weighted by atomic mass is 32.2. The maximum absolute atomic E-state index is 3.37. The Morgan fingerprint density at radius 3 is 1.95 bits per heavy atom. The molecule has 0 saturated carbocycles. The average Bonchev–Trinajstić information content (AvgIpc) is 3.00. The Hall–Kier alpha value is -1.32. The van der Waals surface area contributed by atoms with Crippen molar-refractivity contribution < 1.29 is 0 Å². The van der Waals surface area contributed by atoms with Gasteiger partial charge in [0.05, 0.1) is 0 Å². The van der Waals surface area contributed by atoms with Crippen molar-refractivity contribution in [2.45, 2.75) is 0 Å². The van der Waals surface area contributed by atoms with E-state index in [0.29, 0.717) is 17.2 Å². The van der Waals surface area contributed by atoms with Gasteiger partial charge < -0.3 is 0 Å². The zero-order chi connectivity index (χ0) is 12.9. The molecule has 3 heteroatoms. The van der Waals surface area contributed by atoms with Crippen LogP contribution < -0.4 is 16.2 Å². The molecular formula is C16H18BNS. The van der Waals surface area contributed by atoms with E-state index in [0.717, 1.165) is 6.54 Å². The molecule has 96 valence electrons. The van der Waals surface area contributed by atoms with E-state index in [9.17, 15) is 0 Å². The van der Waals surface area contributed by atoms with E-state index in [2.05, 4.69) is 71.5 Å². The standard InChI is InChI=1S/C16H18BNS/c1-3-7-15(8-4-1)17(13-19-12-11-18-14-19)16-9-5-2-6-10-16/h1-10,14,18H,11-13H2. The fourth-order valence-electron chi connectivity index (χ4n) is 2.53. The van der Waals surface area contributed by atoms with Gasteiger partial charge in [0.1, 0.15) is 0 Å². The van der Waals surface area contributed by atoms with Gasteiger partial charge in [-0.15, -0.1) is 0 Å². The molecule has 0 spiro atoms. The van der Waals surface area contributed by atoms with Crippen LogP contribution >= 0.6 is 10.5 Å². The van der Waals surface area contributed by atoms with E-state index in [-0.39, 0.29) is 0 Å². The number of rotatable bonds is 4. The molecule has 0 aromatic heterocycles. The highest BCUT2D eigenvalue weighted by Crippen LogP contribution is 2.14. The third kappa shape index (κ3) is 3.17. The summed E-state index contributed by atoms with van der Waals surface area (Å²) < 4.78 is 0. The van der Waals surface area contributed by atoms with Crippen LogP contribution in [0.25, 0.3) is 0 Å². The molecule has 2 aromatic carbocycles. The lowest BCUT2D eigenvalue weighted by Crippen LogP contribution is -2.45. The van der Waals surface area contributed by atoms with Gasteiger partial charge in [0.2, 0.25) is 6.71 Å². The van der Waals surface area contributed by atoms with Gasteiger partial charge in [-0.2, -0.15) is 10.5 Å². The second-order valence-electron chi connectivity index (χ2n) is 4.85. The van der Waals surface area contributed by atoms with Gasteiger partial charge in [-0.1, -0.05) is 71.6 Å². The van der Waals surface area contributed by atoms with Crippen LogP contribution in [0.5, 0.6) is 0 Å². The van der Waals surface area contributed by atoms with Crippen LogP contribution in [-0.4, -0.2) is 30.2 Å². The highest BCUT2D eigenvalue weighted by molar-refractivity contribution is 8.16. The molecule has 1 unspecified atom stereocenters. The molecule has 0 saturated heterocycles. The second kappa shape index (κ2) is 6.22. The Balaban J connectivity index is 1.91. The first-order valence-corrected chi connectivity index (χ1v) is 8.39. The van der Waals surface area contributed by atoms with Crippen LogP contribution in [0, 0.1) is 0 Å². The van der Waals surface area contributed by atoms with Crippen LogP contribution in [0.4, 0.5) is 0 Å². The van der Waals surface area contributed by atoms with E-state index >= 15 is 0 Å². The fraction of sp³-hybridized carbons (Fsp3) is 0.188. The predicted molar refractivity (Wildman–Crippen MR) is 89.3 cm³/mol. The van der Waals surface area contributed by atoms with Crippen molar-refractivity contribution in [3.05, 3.63) is 60.7 Å². The molecule has 19 heavy (non-hydrogen) atoms. The van der Waals surface area contributed by atoms with E-state index < -0.39 is 0 Å². The van der Waals surface area contributed by atoms with Gasteiger partial charge in [-0.05, 0) is 5.65 Å². The van der Waals surface area contributed by atoms with Gasteiger partial charge in [0.15, 0.2) is 0 Å². The van der Waals surface area contributed by atoms with Crippen LogP contribution in [0.2, 0.25) is 0 Å². The lowest BCUT2D eigenvalue weighted by atomic mass is 9.42. The molecule has 0 radical (unpaired) electrons. The van der Waals surface area contributed by atoms with Crippen molar-refractivity contribution in [3.63, 3.8) is 0 Å². The van der Waals surface area contributed by atoms with Gasteiger partial charge in [-0.25, -0.2) is 0 Å². The zero-order valence-electron chi connectivity index (χ0n) is 11.0. The largest absolute Gasteiger partial charge is 0.289 e. The van der Waals surface area contributed by atoms with Gasteiger partial charge >= 0.3 is 0 Å². The van der Waals surface area contributed by atoms with Gasteiger partial charge in [0.25, 0.3) is 0 Å². The summed E-state index contributed by atoms with van der Waals surface area (Å²) in [5.74, 6) is 1.29. The third-order valence-corrected chi connectivity index (χ3v) is 5.53. The minimum atomic E-state index is 0.406. The molecule has 1 aliphatic heterocycles. The number of nitrogens with one attached hydrogen (secondary N) is 1. The Kier molecular flexibility index (Phi) is 4.16. The molecule has 1 heterocycles. The maximum atomic E-state index is 3.37. The monoisotopic (exact) mass is 267 g/mol. The van der Waals surface area contributed by atoms with Crippen molar-refractivity contribution in [2.75, 3.05) is 17.9 Å². The summed E-state index contributed by atoms with van der Waals surface area (Å²) in [6.45, 7) is 1.65. The van der Waals surface area contributed by atoms with Crippen molar-refractivity contribution in [1.29, 1.82) is 0 Å². The van der Waals surface area contributed by atoms with Crippen molar-refractivity contribution >= 4 is 33.6 Å². The first-order chi connectivity index (χ1) is 9.43. The molecule has 0 amide bonds. The molecule has 1 aliphatic rings. The number of hydrogen-bond donors (Lipinski definition) is 1. The first-order valence-electron chi connectivity index (χ1n) is 6.76. The molecule has 1 atom stereocenters. The molecule has 1 nitrogen and oxygen atoms in total. The smallest absolute Gasteiger partial charge is 0.218 e. The summed E-state index contributed by atoms with van der Waals surface area (Å²) in [6.07, 6.45) is 0. The Morgan fingerprint density at radius 1 is 0.895 bits per heavy atom. The molecule has 1 N–H and O–H groups in total. The van der Waals surface area contributed by atoms with Crippen molar-refractivity contribution in [3.8, 4) is 0 Å². The summed E-state index contributed by atoms with van der Waals surface area (Å²) in [5.41, 5.74) is 6.39. The van der Waals surface area contributed by atoms with Crippen LogP contribution in [-0.2, 0) is 0 Å². The Bertz CT molecular complexity index is 514. The summed E-state index contributed by atoms with van der Waals surface area (Å²) in [7, 11) is 0.406. The van der Waals surface area contributed by atoms with Crippen molar-refractivity contribution in [1.82, 2.24) is 5.32 Å². The molecular weight excluding hydrogens is 249 g/mol. The molecule has 0 fully saturated rings. The molecule has 0 bridgehead atoms. The molecule has 3 rings (SSSR count). The van der Waals surface area contributed by atoms with E-state index in [1.165, 1.54) is 22.3 Å². The first kappa shape index (κ1) is 12.7. The predicted octanol–water partition coefficient (Wildman–Crippen LogP) is 1.47. The topological polar surface area (TPSA) is 12.0 Å². The average molecular weight is 267 g/mol. The van der Waals surface area contributed by atoms with Crippen LogP contribution in [0.15, 0.2) is 60.7 Å². The summed E-state index contributed by atoms with van der Waals surface area (Å²) >= 11 is 0. The Labute approximate surface area is 118 Å². The van der Waals surface area contributed by atoms with E-state index in [1.807, 2.05) is 0 Å². The van der Waals surface area contributed by atoms with Crippen LogP contribution in [0.1, 0.15) is 0 Å². The lowest BCUT2D eigenvalue weighted by Gasteiger charge is -2.15. The van der Waals surface area contributed by atoms with E-state index in [1.54, 1.807) is 0 Å². The minimum absolute atomic E-state index is 0.406. The summed E-state index contributed by atoms with van der Waals surface area (Å²) in [4.78, 5) is 0. The highest BCUT2D eigenvalue weighted by Gasteiger charge is 2.20. The summed E-state index contributed by atoms with van der Waals surface area (Å²) in [6, 6.07) is 21.8.